The van der Waals surface area contributed by atoms with Crippen molar-refractivity contribution < 1.29 is 0 Å². The molecule has 0 aliphatic heterocycles. The first-order valence-electron chi connectivity index (χ1n) is 8.52. The fourth-order valence-electron chi connectivity index (χ4n) is 2.66. The molecule has 114 valence electrons. The van der Waals surface area contributed by atoms with Crippen LogP contribution in [0.2, 0.25) is 0 Å². The molecule has 1 nitrogen and oxygen atoms in total. The number of hydrogen-bond donors (Lipinski definition) is 1. The molecule has 0 bridgehead atoms. The van der Waals surface area contributed by atoms with Crippen molar-refractivity contribution in [2.45, 2.75) is 77.7 Å². The summed E-state index contributed by atoms with van der Waals surface area (Å²) < 4.78 is 0. The minimum absolute atomic E-state index is 0.575. The summed E-state index contributed by atoms with van der Waals surface area (Å²) in [5, 5.41) is 3.61. The highest BCUT2D eigenvalue weighted by atomic mass is 14.9. The summed E-state index contributed by atoms with van der Waals surface area (Å²) in [6, 6.07) is 11.6. The topological polar surface area (TPSA) is 12.0 Å². The third-order valence-corrected chi connectivity index (χ3v) is 3.95. The van der Waals surface area contributed by atoms with Gasteiger partial charge in [0.05, 0.1) is 0 Å². The third kappa shape index (κ3) is 7.69. The van der Waals surface area contributed by atoms with E-state index in [9.17, 15) is 0 Å². The monoisotopic (exact) mass is 275 g/mol. The highest BCUT2D eigenvalue weighted by Gasteiger charge is 2.11. The van der Waals surface area contributed by atoms with Gasteiger partial charge < -0.3 is 5.32 Å². The van der Waals surface area contributed by atoms with Gasteiger partial charge in [0.2, 0.25) is 0 Å². The molecule has 0 aliphatic rings. The molecule has 0 fully saturated rings. The van der Waals surface area contributed by atoms with E-state index in [0.717, 1.165) is 6.54 Å². The molecule has 1 atom stereocenters. The summed E-state index contributed by atoms with van der Waals surface area (Å²) in [6.45, 7) is 7.85. The van der Waals surface area contributed by atoms with Crippen LogP contribution in [-0.2, 0) is 0 Å². The Balaban J connectivity index is 2.35. The lowest BCUT2D eigenvalue weighted by atomic mass is 9.92. The first kappa shape index (κ1) is 17.2. The summed E-state index contributed by atoms with van der Waals surface area (Å²) in [6.07, 6.45) is 9.63. The van der Waals surface area contributed by atoms with Crippen LogP contribution in [0, 0.1) is 0 Å². The van der Waals surface area contributed by atoms with E-state index in [-0.39, 0.29) is 0 Å². The van der Waals surface area contributed by atoms with Gasteiger partial charge in [0.15, 0.2) is 0 Å². The van der Waals surface area contributed by atoms with Gasteiger partial charge in [-0.1, -0.05) is 89.6 Å². The predicted molar refractivity (Wildman–Crippen MR) is 90.3 cm³/mol. The second-order valence-electron chi connectivity index (χ2n) is 6.23. The van der Waals surface area contributed by atoms with Crippen LogP contribution < -0.4 is 5.32 Å². The minimum atomic E-state index is 0.575. The number of benzene rings is 1. The lowest BCUT2D eigenvalue weighted by Crippen LogP contribution is -2.28. The van der Waals surface area contributed by atoms with Gasteiger partial charge in [-0.15, -0.1) is 0 Å². The Morgan fingerprint density at radius 2 is 1.55 bits per heavy atom. The summed E-state index contributed by atoms with van der Waals surface area (Å²) in [7, 11) is 0. The van der Waals surface area contributed by atoms with E-state index < -0.39 is 0 Å². The van der Waals surface area contributed by atoms with Gasteiger partial charge in [-0.05, 0) is 17.9 Å². The first-order valence-corrected chi connectivity index (χ1v) is 8.52. The van der Waals surface area contributed by atoms with E-state index in [1.54, 1.807) is 0 Å². The molecule has 0 aromatic heterocycles. The quantitative estimate of drug-likeness (QED) is 0.524. The number of unbranched alkanes of at least 4 members (excludes halogenated alkanes) is 5. The molecule has 0 spiro atoms. The average molecular weight is 275 g/mol. The molecule has 20 heavy (non-hydrogen) atoms. The molecule has 0 aliphatic carbocycles. The molecule has 0 saturated heterocycles. The van der Waals surface area contributed by atoms with Gasteiger partial charge in [-0.3, -0.25) is 0 Å². The molecule has 0 saturated carbocycles. The van der Waals surface area contributed by atoms with E-state index in [2.05, 4.69) is 56.4 Å². The maximum absolute atomic E-state index is 3.61. The maximum atomic E-state index is 3.61. The Bertz CT molecular complexity index is 318. The van der Waals surface area contributed by atoms with Crippen molar-refractivity contribution >= 4 is 0 Å². The van der Waals surface area contributed by atoms with Crippen LogP contribution in [0.3, 0.4) is 0 Å². The van der Waals surface area contributed by atoms with Crippen LogP contribution in [0.5, 0.6) is 0 Å². The average Bonchev–Trinajstić information content (AvgIpc) is 2.46. The van der Waals surface area contributed by atoms with Crippen molar-refractivity contribution in [3.8, 4) is 0 Å². The van der Waals surface area contributed by atoms with Crippen LogP contribution >= 0.6 is 0 Å². The highest BCUT2D eigenvalue weighted by Crippen LogP contribution is 2.22. The summed E-state index contributed by atoms with van der Waals surface area (Å²) in [5.41, 5.74) is 1.49. The largest absolute Gasteiger partial charge is 0.314 e. The second-order valence-corrected chi connectivity index (χ2v) is 6.23. The number of nitrogens with one attached hydrogen (secondary N) is 1. The van der Waals surface area contributed by atoms with Gasteiger partial charge in [0, 0.05) is 12.6 Å². The third-order valence-electron chi connectivity index (χ3n) is 3.95. The van der Waals surface area contributed by atoms with Gasteiger partial charge in [-0.2, -0.15) is 0 Å². The normalized spacial score (nSPS) is 12.8. The molecule has 0 amide bonds. The molecule has 0 heterocycles. The van der Waals surface area contributed by atoms with Crippen molar-refractivity contribution in [1.82, 2.24) is 5.32 Å². The molecule has 1 heteroatoms. The summed E-state index contributed by atoms with van der Waals surface area (Å²) >= 11 is 0. The SMILES string of the molecule is CCCCCCCCC(CNC(C)C)c1ccccc1. The Labute approximate surface area is 126 Å². The van der Waals surface area contributed by atoms with Crippen molar-refractivity contribution in [1.29, 1.82) is 0 Å². The van der Waals surface area contributed by atoms with Crippen LogP contribution in [0.15, 0.2) is 30.3 Å². The van der Waals surface area contributed by atoms with E-state index in [1.807, 2.05) is 0 Å². The molecule has 1 rings (SSSR count). The molecular weight excluding hydrogens is 242 g/mol. The molecule has 1 aromatic rings. The van der Waals surface area contributed by atoms with Crippen molar-refractivity contribution in [3.63, 3.8) is 0 Å². The lowest BCUT2D eigenvalue weighted by molar-refractivity contribution is 0.482. The van der Waals surface area contributed by atoms with Gasteiger partial charge in [0.25, 0.3) is 0 Å². The van der Waals surface area contributed by atoms with E-state index in [4.69, 9.17) is 0 Å². The number of hydrogen-bond acceptors (Lipinski definition) is 1. The molecule has 1 aromatic carbocycles. The van der Waals surface area contributed by atoms with Crippen LogP contribution in [0.25, 0.3) is 0 Å². The Hall–Kier alpha value is -0.820. The van der Waals surface area contributed by atoms with Crippen molar-refractivity contribution in [2.24, 2.45) is 0 Å². The zero-order chi connectivity index (χ0) is 14.6. The fourth-order valence-corrected chi connectivity index (χ4v) is 2.66. The van der Waals surface area contributed by atoms with Crippen LogP contribution in [-0.4, -0.2) is 12.6 Å². The molecule has 0 radical (unpaired) electrons. The predicted octanol–water partition coefficient (Wildman–Crippen LogP) is 5.52. The highest BCUT2D eigenvalue weighted by molar-refractivity contribution is 5.19. The van der Waals surface area contributed by atoms with Crippen LogP contribution in [0.1, 0.15) is 77.2 Å². The standard InChI is InChI=1S/C19H33N/c1-4-5-6-7-8-10-15-19(16-20-17(2)3)18-13-11-9-12-14-18/h9,11-14,17,19-20H,4-8,10,15-16H2,1-3H3. The van der Waals surface area contributed by atoms with Gasteiger partial charge in [-0.25, -0.2) is 0 Å². The smallest absolute Gasteiger partial charge is 0.00225 e. The van der Waals surface area contributed by atoms with E-state index in [0.29, 0.717) is 12.0 Å². The Kier molecular flexibility index (Phi) is 9.40. The second kappa shape index (κ2) is 10.9. The zero-order valence-electron chi connectivity index (χ0n) is 13.7. The van der Waals surface area contributed by atoms with E-state index >= 15 is 0 Å². The van der Waals surface area contributed by atoms with Crippen molar-refractivity contribution in [3.05, 3.63) is 35.9 Å². The van der Waals surface area contributed by atoms with Crippen LogP contribution in [0.4, 0.5) is 0 Å². The van der Waals surface area contributed by atoms with Gasteiger partial charge in [0.1, 0.15) is 0 Å². The van der Waals surface area contributed by atoms with Crippen molar-refractivity contribution in [2.75, 3.05) is 6.54 Å². The fraction of sp³-hybridized carbons (Fsp3) is 0.684. The molecular formula is C19H33N. The maximum Gasteiger partial charge on any atom is 0.00225 e. The summed E-state index contributed by atoms with van der Waals surface area (Å²) in [5.74, 6) is 0.671. The number of rotatable bonds is 11. The zero-order valence-corrected chi connectivity index (χ0v) is 13.7. The Morgan fingerprint density at radius 1 is 0.900 bits per heavy atom. The van der Waals surface area contributed by atoms with Gasteiger partial charge >= 0.3 is 0 Å². The first-order chi connectivity index (χ1) is 9.74. The lowest BCUT2D eigenvalue weighted by Gasteiger charge is -2.20. The molecule has 1 N–H and O–H groups in total. The van der Waals surface area contributed by atoms with E-state index in [1.165, 1.54) is 50.5 Å². The summed E-state index contributed by atoms with van der Waals surface area (Å²) in [4.78, 5) is 0. The molecule has 1 unspecified atom stereocenters. The Morgan fingerprint density at radius 3 is 2.20 bits per heavy atom. The minimum Gasteiger partial charge on any atom is -0.314 e.